The molecule has 3 heteroatoms. The minimum atomic E-state index is -0.354. The molecule has 1 amide bonds. The summed E-state index contributed by atoms with van der Waals surface area (Å²) >= 11 is 0. The van der Waals surface area contributed by atoms with Gasteiger partial charge in [0.25, 0.3) is 0 Å². The summed E-state index contributed by atoms with van der Waals surface area (Å²) in [4.78, 5) is 11.3. The van der Waals surface area contributed by atoms with Crippen LogP contribution in [-0.4, -0.2) is 12.2 Å². The van der Waals surface area contributed by atoms with Gasteiger partial charge < -0.3 is 10.1 Å². The molecular formula is C12H17NO2. The Kier molecular flexibility index (Phi) is 4.68. The first-order valence-corrected chi connectivity index (χ1v) is 5.20. The Hall–Kier alpha value is -1.51. The zero-order valence-corrected chi connectivity index (χ0v) is 9.19. The van der Waals surface area contributed by atoms with Gasteiger partial charge in [-0.05, 0) is 18.9 Å². The van der Waals surface area contributed by atoms with Crippen LogP contribution in [0.1, 0.15) is 25.8 Å². The molecule has 1 aromatic carbocycles. The molecule has 0 spiro atoms. The van der Waals surface area contributed by atoms with Crippen molar-refractivity contribution in [2.45, 2.75) is 32.9 Å². The number of benzene rings is 1. The predicted octanol–water partition coefficient (Wildman–Crippen LogP) is 2.71. The molecule has 0 fully saturated rings. The highest BCUT2D eigenvalue weighted by Gasteiger charge is 2.05. The van der Waals surface area contributed by atoms with Crippen LogP contribution in [0.25, 0.3) is 0 Å². The average molecular weight is 207 g/mol. The number of rotatable bonds is 4. The predicted molar refractivity (Wildman–Crippen MR) is 59.5 cm³/mol. The Bertz CT molecular complexity index is 298. The van der Waals surface area contributed by atoms with Crippen LogP contribution in [0.3, 0.4) is 0 Å². The Morgan fingerprint density at radius 2 is 2.07 bits per heavy atom. The number of ether oxygens (including phenoxy) is 1. The second kappa shape index (κ2) is 6.06. The maximum Gasteiger partial charge on any atom is 0.407 e. The molecule has 1 aromatic rings. The standard InChI is InChI=1S/C12H17NO2/c1-3-10(2)15-12(14)13-9-11-7-5-4-6-8-11/h4-8,10H,3,9H2,1-2H3,(H,13,14). The van der Waals surface area contributed by atoms with Gasteiger partial charge in [-0.25, -0.2) is 4.79 Å². The Balaban J connectivity index is 2.29. The summed E-state index contributed by atoms with van der Waals surface area (Å²) in [7, 11) is 0. The van der Waals surface area contributed by atoms with E-state index >= 15 is 0 Å². The maximum absolute atomic E-state index is 11.3. The van der Waals surface area contributed by atoms with Crippen molar-refractivity contribution in [3.05, 3.63) is 35.9 Å². The van der Waals surface area contributed by atoms with Crippen molar-refractivity contribution in [3.8, 4) is 0 Å². The number of nitrogens with one attached hydrogen (secondary N) is 1. The number of carbonyl (C=O) groups excluding carboxylic acids is 1. The first-order valence-electron chi connectivity index (χ1n) is 5.20. The first kappa shape index (κ1) is 11.6. The van der Waals surface area contributed by atoms with Gasteiger partial charge in [-0.2, -0.15) is 0 Å². The molecule has 0 aliphatic heterocycles. The van der Waals surface area contributed by atoms with E-state index in [-0.39, 0.29) is 12.2 Å². The summed E-state index contributed by atoms with van der Waals surface area (Å²) in [6.07, 6.45) is 0.452. The van der Waals surface area contributed by atoms with E-state index in [1.165, 1.54) is 0 Å². The van der Waals surface area contributed by atoms with Crippen molar-refractivity contribution < 1.29 is 9.53 Å². The quantitative estimate of drug-likeness (QED) is 0.824. The van der Waals surface area contributed by atoms with Gasteiger partial charge in [0.15, 0.2) is 0 Å². The zero-order valence-electron chi connectivity index (χ0n) is 9.19. The Morgan fingerprint density at radius 3 is 2.67 bits per heavy atom. The van der Waals surface area contributed by atoms with E-state index in [2.05, 4.69) is 5.32 Å². The summed E-state index contributed by atoms with van der Waals surface area (Å²) in [5, 5.41) is 2.70. The van der Waals surface area contributed by atoms with Crippen molar-refractivity contribution >= 4 is 6.09 Å². The molecule has 3 nitrogen and oxygen atoms in total. The smallest absolute Gasteiger partial charge is 0.407 e. The molecule has 0 aromatic heterocycles. The van der Waals surface area contributed by atoms with Gasteiger partial charge in [0.2, 0.25) is 0 Å². The number of carbonyl (C=O) groups is 1. The average Bonchev–Trinajstić information content (AvgIpc) is 2.27. The fraction of sp³-hybridized carbons (Fsp3) is 0.417. The number of amides is 1. The summed E-state index contributed by atoms with van der Waals surface area (Å²) in [5.41, 5.74) is 1.07. The highest BCUT2D eigenvalue weighted by molar-refractivity contribution is 5.67. The summed E-state index contributed by atoms with van der Waals surface area (Å²) in [5.74, 6) is 0. The third-order valence-corrected chi connectivity index (χ3v) is 2.16. The van der Waals surface area contributed by atoms with E-state index in [1.807, 2.05) is 44.2 Å². The largest absolute Gasteiger partial charge is 0.447 e. The number of hydrogen-bond donors (Lipinski definition) is 1. The van der Waals surface area contributed by atoms with Crippen molar-refractivity contribution in [1.29, 1.82) is 0 Å². The van der Waals surface area contributed by atoms with E-state index in [1.54, 1.807) is 0 Å². The molecule has 0 saturated carbocycles. The van der Waals surface area contributed by atoms with E-state index in [9.17, 15) is 4.79 Å². The normalized spacial score (nSPS) is 11.9. The van der Waals surface area contributed by atoms with Gasteiger partial charge in [-0.3, -0.25) is 0 Å². The van der Waals surface area contributed by atoms with Crippen LogP contribution in [0, 0.1) is 0 Å². The molecule has 0 aliphatic rings. The molecule has 0 radical (unpaired) electrons. The highest BCUT2D eigenvalue weighted by atomic mass is 16.6. The van der Waals surface area contributed by atoms with Crippen LogP contribution in [0.15, 0.2) is 30.3 Å². The summed E-state index contributed by atoms with van der Waals surface area (Å²) in [6, 6.07) is 9.75. The second-order valence-corrected chi connectivity index (χ2v) is 3.46. The molecule has 1 rings (SSSR count). The van der Waals surface area contributed by atoms with Crippen LogP contribution in [-0.2, 0) is 11.3 Å². The monoisotopic (exact) mass is 207 g/mol. The van der Waals surface area contributed by atoms with Crippen LogP contribution in [0.4, 0.5) is 4.79 Å². The van der Waals surface area contributed by atoms with Crippen LogP contribution in [0.5, 0.6) is 0 Å². The van der Waals surface area contributed by atoms with E-state index in [0.717, 1.165) is 12.0 Å². The third-order valence-electron chi connectivity index (χ3n) is 2.16. The molecule has 1 N–H and O–H groups in total. The molecule has 1 unspecified atom stereocenters. The zero-order chi connectivity index (χ0) is 11.1. The number of alkyl carbamates (subject to hydrolysis) is 1. The first-order chi connectivity index (χ1) is 7.22. The lowest BCUT2D eigenvalue weighted by atomic mass is 10.2. The molecule has 0 heterocycles. The van der Waals surface area contributed by atoms with Gasteiger partial charge in [-0.1, -0.05) is 37.3 Å². The fourth-order valence-electron chi connectivity index (χ4n) is 1.08. The van der Waals surface area contributed by atoms with Crippen LogP contribution in [0.2, 0.25) is 0 Å². The van der Waals surface area contributed by atoms with Gasteiger partial charge >= 0.3 is 6.09 Å². The van der Waals surface area contributed by atoms with Crippen LogP contribution < -0.4 is 5.32 Å². The summed E-state index contributed by atoms with van der Waals surface area (Å²) in [6.45, 7) is 4.37. The third kappa shape index (κ3) is 4.49. The number of hydrogen-bond acceptors (Lipinski definition) is 2. The molecule has 0 saturated heterocycles. The molecule has 15 heavy (non-hydrogen) atoms. The topological polar surface area (TPSA) is 38.3 Å². The van der Waals surface area contributed by atoms with Gasteiger partial charge in [0.05, 0.1) is 0 Å². The van der Waals surface area contributed by atoms with Crippen molar-refractivity contribution in [1.82, 2.24) is 5.32 Å². The Labute approximate surface area is 90.4 Å². The molecule has 82 valence electrons. The minimum Gasteiger partial charge on any atom is -0.447 e. The van der Waals surface area contributed by atoms with E-state index in [4.69, 9.17) is 4.74 Å². The Morgan fingerprint density at radius 1 is 1.40 bits per heavy atom. The molecule has 0 bridgehead atoms. The van der Waals surface area contributed by atoms with Gasteiger partial charge in [-0.15, -0.1) is 0 Å². The van der Waals surface area contributed by atoms with Crippen LogP contribution >= 0.6 is 0 Å². The summed E-state index contributed by atoms with van der Waals surface area (Å²) < 4.78 is 5.07. The minimum absolute atomic E-state index is 0.0271. The molecular weight excluding hydrogens is 190 g/mol. The van der Waals surface area contributed by atoms with Crippen molar-refractivity contribution in [2.24, 2.45) is 0 Å². The van der Waals surface area contributed by atoms with Gasteiger partial charge in [0, 0.05) is 6.54 Å². The molecule has 0 aliphatic carbocycles. The highest BCUT2D eigenvalue weighted by Crippen LogP contribution is 1.99. The molecule has 1 atom stereocenters. The lowest BCUT2D eigenvalue weighted by Gasteiger charge is -2.11. The lowest BCUT2D eigenvalue weighted by molar-refractivity contribution is 0.104. The lowest BCUT2D eigenvalue weighted by Crippen LogP contribution is -2.27. The van der Waals surface area contributed by atoms with Crippen molar-refractivity contribution in [3.63, 3.8) is 0 Å². The second-order valence-electron chi connectivity index (χ2n) is 3.46. The van der Waals surface area contributed by atoms with E-state index in [0.29, 0.717) is 6.54 Å². The fourth-order valence-corrected chi connectivity index (χ4v) is 1.08. The maximum atomic E-state index is 11.3. The van der Waals surface area contributed by atoms with E-state index < -0.39 is 0 Å². The van der Waals surface area contributed by atoms with Gasteiger partial charge in [0.1, 0.15) is 6.10 Å². The van der Waals surface area contributed by atoms with Crippen molar-refractivity contribution in [2.75, 3.05) is 0 Å². The SMILES string of the molecule is CCC(C)OC(=O)NCc1ccccc1.